The molecule has 0 aromatic heterocycles. The maximum atomic E-state index is 10.8. The number of rotatable bonds is 2. The molecule has 0 aliphatic heterocycles. The van der Waals surface area contributed by atoms with Gasteiger partial charge in [0, 0.05) is 21.1 Å². The van der Waals surface area contributed by atoms with Crippen LogP contribution < -0.4 is 0 Å². The van der Waals surface area contributed by atoms with E-state index in [2.05, 4.69) is 0 Å². The first-order valence-corrected chi connectivity index (χ1v) is 5.12. The summed E-state index contributed by atoms with van der Waals surface area (Å²) < 4.78 is 10.8. The van der Waals surface area contributed by atoms with E-state index in [1.54, 1.807) is 13.3 Å². The number of hydrogen-bond donors (Lipinski definition) is 0. The van der Waals surface area contributed by atoms with Gasteiger partial charge in [-0.1, -0.05) is 14.1 Å². The third-order valence-corrected chi connectivity index (χ3v) is 1.87. The van der Waals surface area contributed by atoms with E-state index in [0.717, 1.165) is 6.42 Å². The zero-order valence-corrected chi connectivity index (χ0v) is 9.38. The fraction of sp³-hybridized carbons (Fsp3) is 0.800. The van der Waals surface area contributed by atoms with Crippen molar-refractivity contribution in [1.82, 2.24) is 0 Å². The molecule has 8 heavy (non-hydrogen) atoms. The standard InChI is InChI=1S/C5H12OP.W/c1-4-5-7(2,3)6;/h5H,4H2,1-3H3;/q-1;. The average molecular weight is 303 g/mol. The van der Waals surface area contributed by atoms with Crippen LogP contribution in [0.4, 0.5) is 0 Å². The van der Waals surface area contributed by atoms with Crippen LogP contribution in [0, 0.1) is 6.16 Å². The van der Waals surface area contributed by atoms with E-state index in [1.165, 1.54) is 0 Å². The Balaban J connectivity index is 0. The molecule has 1 nitrogen and oxygen atoms in total. The van der Waals surface area contributed by atoms with E-state index in [9.17, 15) is 4.57 Å². The van der Waals surface area contributed by atoms with Gasteiger partial charge in [0.15, 0.2) is 0 Å². The van der Waals surface area contributed by atoms with Crippen LogP contribution in [0.15, 0.2) is 0 Å². The Bertz CT molecular complexity index is 86.4. The van der Waals surface area contributed by atoms with Gasteiger partial charge >= 0.3 is 0 Å². The smallest absolute Gasteiger partial charge is 0 e. The molecule has 0 aliphatic rings. The van der Waals surface area contributed by atoms with Gasteiger partial charge in [-0.25, -0.2) is 0 Å². The third-order valence-electron chi connectivity index (χ3n) is 0.622. The zero-order valence-electron chi connectivity index (χ0n) is 5.55. The third kappa shape index (κ3) is 10.0. The molecule has 0 fully saturated rings. The molecule has 0 amide bonds. The van der Waals surface area contributed by atoms with E-state index in [0.29, 0.717) is 0 Å². The van der Waals surface area contributed by atoms with Crippen LogP contribution >= 0.6 is 7.14 Å². The van der Waals surface area contributed by atoms with E-state index in [1.807, 2.05) is 13.1 Å². The first-order valence-electron chi connectivity index (χ1n) is 2.45. The van der Waals surface area contributed by atoms with Crippen LogP contribution in [-0.4, -0.2) is 13.3 Å². The summed E-state index contributed by atoms with van der Waals surface area (Å²) >= 11 is 0. The summed E-state index contributed by atoms with van der Waals surface area (Å²) in [5, 5.41) is 0. The molecule has 0 saturated carbocycles. The van der Waals surface area contributed by atoms with Crippen molar-refractivity contribution in [3.05, 3.63) is 6.16 Å². The van der Waals surface area contributed by atoms with Crippen molar-refractivity contribution in [1.29, 1.82) is 0 Å². The Morgan fingerprint density at radius 2 is 1.88 bits per heavy atom. The second-order valence-corrected chi connectivity index (χ2v) is 5.26. The molecule has 0 radical (unpaired) electrons. The maximum Gasteiger partial charge on any atom is 0 e. The van der Waals surface area contributed by atoms with Crippen LogP contribution in [0.2, 0.25) is 0 Å². The molecule has 0 aromatic rings. The fourth-order valence-electron chi connectivity index (χ4n) is 0.440. The van der Waals surface area contributed by atoms with Gasteiger partial charge in [0.25, 0.3) is 0 Å². The molecule has 0 bridgehead atoms. The summed E-state index contributed by atoms with van der Waals surface area (Å²) in [4.78, 5) is 0. The Morgan fingerprint density at radius 3 is 1.88 bits per heavy atom. The molecule has 0 unspecified atom stereocenters. The van der Waals surface area contributed by atoms with Crippen LogP contribution in [0.5, 0.6) is 0 Å². The minimum absolute atomic E-state index is 0. The predicted octanol–water partition coefficient (Wildman–Crippen LogP) is 2.18. The second kappa shape index (κ2) is 4.77. The fourth-order valence-corrected chi connectivity index (χ4v) is 1.32. The Morgan fingerprint density at radius 1 is 1.50 bits per heavy atom. The Hall–Kier alpha value is 0.918. The van der Waals surface area contributed by atoms with Gasteiger partial charge in [-0.05, 0) is 13.3 Å². The average Bonchev–Trinajstić information content (AvgIpc) is 1.30. The SMILES string of the molecule is CC[CH-]P(C)(C)=O.[W]. The topological polar surface area (TPSA) is 17.1 Å². The molecule has 50 valence electrons. The predicted molar refractivity (Wildman–Crippen MR) is 34.0 cm³/mol. The van der Waals surface area contributed by atoms with E-state index in [-0.39, 0.29) is 21.1 Å². The van der Waals surface area contributed by atoms with Gasteiger partial charge < -0.3 is 4.57 Å². The quantitative estimate of drug-likeness (QED) is 0.564. The molecule has 0 rings (SSSR count). The molecule has 0 heterocycles. The molecule has 0 spiro atoms. The van der Waals surface area contributed by atoms with Crippen LogP contribution in [-0.2, 0) is 25.6 Å². The number of hydrogen-bond acceptors (Lipinski definition) is 1. The van der Waals surface area contributed by atoms with Gasteiger partial charge in [-0.15, -0.1) is 0 Å². The summed E-state index contributed by atoms with van der Waals surface area (Å²) in [6.07, 6.45) is 2.79. The molecule has 0 atom stereocenters. The molecule has 0 aromatic carbocycles. The summed E-state index contributed by atoms with van der Waals surface area (Å²) in [6.45, 7) is 5.55. The van der Waals surface area contributed by atoms with Gasteiger partial charge in [0.2, 0.25) is 0 Å². The summed E-state index contributed by atoms with van der Waals surface area (Å²) in [6, 6.07) is 0. The van der Waals surface area contributed by atoms with Crippen molar-refractivity contribution in [2.45, 2.75) is 13.3 Å². The minimum Gasteiger partial charge on any atom is -0.358 e. The van der Waals surface area contributed by atoms with Crippen molar-refractivity contribution in [3.63, 3.8) is 0 Å². The van der Waals surface area contributed by atoms with Gasteiger partial charge in [-0.3, -0.25) is 6.16 Å². The van der Waals surface area contributed by atoms with Crippen molar-refractivity contribution in [3.8, 4) is 0 Å². The normalized spacial score (nSPS) is 10.4. The van der Waals surface area contributed by atoms with Gasteiger partial charge in [-0.2, -0.15) is 6.42 Å². The zero-order chi connectivity index (χ0) is 5.91. The van der Waals surface area contributed by atoms with Gasteiger partial charge in [0.05, 0.1) is 0 Å². The largest absolute Gasteiger partial charge is 0.358 e. The van der Waals surface area contributed by atoms with Crippen molar-refractivity contribution in [2.75, 3.05) is 13.3 Å². The first-order chi connectivity index (χ1) is 3.06. The van der Waals surface area contributed by atoms with Gasteiger partial charge in [0.1, 0.15) is 0 Å². The van der Waals surface area contributed by atoms with Crippen molar-refractivity contribution < 1.29 is 25.6 Å². The molecule has 0 aliphatic carbocycles. The maximum absolute atomic E-state index is 10.8. The summed E-state index contributed by atoms with van der Waals surface area (Å²) in [5.41, 5.74) is 0. The monoisotopic (exact) mass is 303 g/mol. The molecular formula is C5H12OPW-. The molecule has 3 heteroatoms. The van der Waals surface area contributed by atoms with Crippen molar-refractivity contribution in [2.24, 2.45) is 0 Å². The van der Waals surface area contributed by atoms with E-state index >= 15 is 0 Å². The molecular weight excluding hydrogens is 291 g/mol. The van der Waals surface area contributed by atoms with Crippen LogP contribution in [0.1, 0.15) is 13.3 Å². The van der Waals surface area contributed by atoms with E-state index in [4.69, 9.17) is 0 Å². The Labute approximate surface area is 65.9 Å². The summed E-state index contributed by atoms with van der Waals surface area (Å²) in [5.74, 6) is 0. The Kier molecular flexibility index (Phi) is 6.96. The van der Waals surface area contributed by atoms with Crippen LogP contribution in [0.25, 0.3) is 0 Å². The molecule has 0 saturated heterocycles. The van der Waals surface area contributed by atoms with Crippen molar-refractivity contribution >= 4 is 7.14 Å². The minimum atomic E-state index is -1.79. The molecule has 0 N–H and O–H groups in total. The first kappa shape index (κ1) is 11.7. The van der Waals surface area contributed by atoms with E-state index < -0.39 is 7.14 Å². The summed E-state index contributed by atoms with van der Waals surface area (Å²) in [7, 11) is -1.79. The second-order valence-electron chi connectivity index (χ2n) is 2.02. The van der Waals surface area contributed by atoms with Crippen LogP contribution in [0.3, 0.4) is 0 Å².